The number of rotatable bonds is 12. The topological polar surface area (TPSA) is 142 Å². The number of piperidine rings is 1. The highest BCUT2D eigenvalue weighted by Gasteiger charge is 2.20. The van der Waals surface area contributed by atoms with Crippen LogP contribution in [0, 0.1) is 11.3 Å². The summed E-state index contributed by atoms with van der Waals surface area (Å²) in [5.74, 6) is 1.08. The van der Waals surface area contributed by atoms with Gasteiger partial charge in [-0.2, -0.15) is 5.26 Å². The Hall–Kier alpha value is -3.76. The molecule has 0 unspecified atom stereocenters. The fraction of sp³-hybridized carbons (Fsp3) is 0.393. The predicted octanol–water partition coefficient (Wildman–Crippen LogP) is 3.13. The molecule has 0 radical (unpaired) electrons. The molecular weight excluding hydrogens is 530 g/mol. The fourth-order valence-corrected chi connectivity index (χ4v) is 5.55. The average molecular weight is 566 g/mol. The number of nitrogens with one attached hydrogen (secondary N) is 3. The number of aromatic nitrogens is 2. The van der Waals surface area contributed by atoms with Crippen molar-refractivity contribution in [2.75, 3.05) is 52.7 Å². The average Bonchev–Trinajstić information content (AvgIpc) is 2.96. The Morgan fingerprint density at radius 2 is 1.93 bits per heavy atom. The minimum atomic E-state index is -3.75. The van der Waals surface area contributed by atoms with Gasteiger partial charge in [0.1, 0.15) is 28.6 Å². The van der Waals surface area contributed by atoms with Gasteiger partial charge in [-0.3, -0.25) is 0 Å². The molecule has 0 spiro atoms. The van der Waals surface area contributed by atoms with E-state index < -0.39 is 10.0 Å². The van der Waals surface area contributed by atoms with E-state index in [-0.39, 0.29) is 16.7 Å². The molecule has 0 bridgehead atoms. The normalized spacial score (nSPS) is 14.1. The van der Waals surface area contributed by atoms with Crippen LogP contribution >= 0.6 is 0 Å². The van der Waals surface area contributed by atoms with Crippen molar-refractivity contribution in [2.45, 2.75) is 30.3 Å². The molecule has 0 atom stereocenters. The molecule has 4 rings (SSSR count). The number of nitrogens with zero attached hydrogens (tertiary/aromatic N) is 4. The summed E-state index contributed by atoms with van der Waals surface area (Å²) < 4.78 is 39.8. The van der Waals surface area contributed by atoms with E-state index in [1.54, 1.807) is 30.5 Å². The monoisotopic (exact) mass is 565 g/mol. The summed E-state index contributed by atoms with van der Waals surface area (Å²) in [5, 5.41) is 16.1. The molecule has 2 aromatic carbocycles. The van der Waals surface area contributed by atoms with Gasteiger partial charge in [-0.25, -0.2) is 23.1 Å². The number of ether oxygens (including phenoxy) is 2. The van der Waals surface area contributed by atoms with Crippen LogP contribution in [-0.2, 0) is 10.0 Å². The van der Waals surface area contributed by atoms with Gasteiger partial charge in [-0.05, 0) is 89.4 Å². The molecule has 1 aliphatic rings. The lowest BCUT2D eigenvalue weighted by Gasteiger charge is -2.24. The maximum Gasteiger partial charge on any atom is 0.244 e. The van der Waals surface area contributed by atoms with Crippen LogP contribution in [0.25, 0.3) is 11.3 Å². The van der Waals surface area contributed by atoms with Crippen LogP contribution in [0.1, 0.15) is 24.8 Å². The number of benzene rings is 2. The lowest BCUT2D eigenvalue weighted by molar-refractivity contribution is 0.162. The van der Waals surface area contributed by atoms with Crippen LogP contribution < -0.4 is 24.8 Å². The summed E-state index contributed by atoms with van der Waals surface area (Å²) in [7, 11) is 1.55. The van der Waals surface area contributed by atoms with Crippen molar-refractivity contribution in [3.05, 3.63) is 54.2 Å². The molecule has 0 saturated carbocycles. The first kappa shape index (κ1) is 29.2. The SMILES string of the molecule is COc1cc(Nc2nccc(-c3ccc(OC4CCNCC4)c(C#N)c3)n2)ccc1S(=O)(=O)NCCCN(C)C. The lowest BCUT2D eigenvalue weighted by Crippen LogP contribution is -2.34. The highest BCUT2D eigenvalue weighted by molar-refractivity contribution is 7.89. The number of anilines is 2. The molecule has 3 N–H and O–H groups in total. The second-order valence-electron chi connectivity index (χ2n) is 9.70. The van der Waals surface area contributed by atoms with Crippen LogP contribution in [0.4, 0.5) is 11.6 Å². The molecule has 0 aliphatic carbocycles. The summed E-state index contributed by atoms with van der Waals surface area (Å²) in [6.45, 7) is 2.90. The molecule has 1 saturated heterocycles. The molecule has 1 fully saturated rings. The molecule has 0 amide bonds. The van der Waals surface area contributed by atoms with Gasteiger partial charge < -0.3 is 25.0 Å². The number of hydrogen-bond donors (Lipinski definition) is 3. The maximum atomic E-state index is 12.8. The van der Waals surface area contributed by atoms with Crippen molar-refractivity contribution in [3.8, 4) is 28.8 Å². The number of nitriles is 1. The van der Waals surface area contributed by atoms with Crippen molar-refractivity contribution < 1.29 is 17.9 Å². The maximum absolute atomic E-state index is 12.8. The largest absolute Gasteiger partial charge is 0.495 e. The first-order chi connectivity index (χ1) is 19.3. The van der Waals surface area contributed by atoms with Crippen molar-refractivity contribution in [1.82, 2.24) is 24.9 Å². The quantitative estimate of drug-likeness (QED) is 0.281. The molecule has 40 heavy (non-hydrogen) atoms. The third-order valence-corrected chi connectivity index (χ3v) is 7.92. The Kier molecular flexibility index (Phi) is 9.89. The summed E-state index contributed by atoms with van der Waals surface area (Å²) >= 11 is 0. The first-order valence-electron chi connectivity index (χ1n) is 13.1. The summed E-state index contributed by atoms with van der Waals surface area (Å²) in [4.78, 5) is 10.9. The zero-order valence-electron chi connectivity index (χ0n) is 23.0. The summed E-state index contributed by atoms with van der Waals surface area (Å²) in [5.41, 5.74) is 2.37. The van der Waals surface area contributed by atoms with Gasteiger partial charge in [-0.15, -0.1) is 0 Å². The van der Waals surface area contributed by atoms with E-state index in [0.717, 1.165) is 38.0 Å². The molecule has 212 valence electrons. The van der Waals surface area contributed by atoms with E-state index in [1.807, 2.05) is 31.1 Å². The van der Waals surface area contributed by atoms with Gasteiger partial charge in [0.15, 0.2) is 0 Å². The number of hydrogen-bond acceptors (Lipinski definition) is 10. The van der Waals surface area contributed by atoms with E-state index >= 15 is 0 Å². The second kappa shape index (κ2) is 13.5. The summed E-state index contributed by atoms with van der Waals surface area (Å²) in [6.07, 6.45) is 4.19. The number of methoxy groups -OCH3 is 1. The Morgan fingerprint density at radius 1 is 1.12 bits per heavy atom. The van der Waals surface area contributed by atoms with E-state index in [2.05, 4.69) is 31.4 Å². The zero-order valence-corrected chi connectivity index (χ0v) is 23.8. The molecule has 2 heterocycles. The van der Waals surface area contributed by atoms with E-state index in [1.165, 1.54) is 13.2 Å². The molecule has 12 heteroatoms. The van der Waals surface area contributed by atoms with Crippen LogP contribution in [0.15, 0.2) is 53.6 Å². The first-order valence-corrected chi connectivity index (χ1v) is 14.6. The van der Waals surface area contributed by atoms with Gasteiger partial charge in [0, 0.05) is 30.1 Å². The second-order valence-corrected chi connectivity index (χ2v) is 11.4. The van der Waals surface area contributed by atoms with Crippen molar-refractivity contribution in [1.29, 1.82) is 5.26 Å². The molecule has 1 aromatic heterocycles. The van der Waals surface area contributed by atoms with Crippen LogP contribution in [0.3, 0.4) is 0 Å². The Balaban J connectivity index is 1.48. The van der Waals surface area contributed by atoms with E-state index in [9.17, 15) is 13.7 Å². The standard InChI is InChI=1S/C28H35N7O4S/c1-35(2)16-4-12-32-40(36,37)27-8-6-22(18-26(27)38-3)33-28-31-15-11-24(34-28)20-5-7-25(21(17-20)19-29)39-23-9-13-30-14-10-23/h5-8,11,15,17-18,23,30,32H,4,9-10,12-14,16H2,1-3H3,(H,31,33,34). The molecule has 3 aromatic rings. The third-order valence-electron chi connectivity index (χ3n) is 6.41. The Labute approximate surface area is 235 Å². The van der Waals surface area contributed by atoms with Crippen molar-refractivity contribution in [3.63, 3.8) is 0 Å². The lowest BCUT2D eigenvalue weighted by atomic mass is 10.1. The van der Waals surface area contributed by atoms with Crippen LogP contribution in [-0.4, -0.2) is 76.8 Å². The highest BCUT2D eigenvalue weighted by Crippen LogP contribution is 2.30. The van der Waals surface area contributed by atoms with Gasteiger partial charge in [0.25, 0.3) is 0 Å². The Morgan fingerprint density at radius 3 is 2.65 bits per heavy atom. The highest BCUT2D eigenvalue weighted by atomic mass is 32.2. The minimum Gasteiger partial charge on any atom is -0.495 e. The minimum absolute atomic E-state index is 0.0518. The van der Waals surface area contributed by atoms with Crippen molar-refractivity contribution >= 4 is 21.7 Å². The molecular formula is C28H35N7O4S. The predicted molar refractivity (Wildman–Crippen MR) is 153 cm³/mol. The van der Waals surface area contributed by atoms with Crippen LogP contribution in [0.2, 0.25) is 0 Å². The zero-order chi connectivity index (χ0) is 28.5. The molecule has 1 aliphatic heterocycles. The van der Waals surface area contributed by atoms with E-state index in [4.69, 9.17) is 9.47 Å². The third kappa shape index (κ3) is 7.67. The number of sulfonamides is 1. The fourth-order valence-electron chi connectivity index (χ4n) is 4.33. The van der Waals surface area contributed by atoms with Crippen molar-refractivity contribution in [2.24, 2.45) is 0 Å². The Bertz CT molecular complexity index is 1450. The van der Waals surface area contributed by atoms with Gasteiger partial charge in [0.05, 0.1) is 18.4 Å². The summed E-state index contributed by atoms with van der Waals surface area (Å²) in [6, 6.07) is 14.1. The van der Waals surface area contributed by atoms with Crippen LogP contribution in [0.5, 0.6) is 11.5 Å². The van der Waals surface area contributed by atoms with E-state index in [0.29, 0.717) is 41.6 Å². The smallest absolute Gasteiger partial charge is 0.244 e. The van der Waals surface area contributed by atoms with Gasteiger partial charge >= 0.3 is 0 Å². The van der Waals surface area contributed by atoms with Gasteiger partial charge in [0.2, 0.25) is 16.0 Å². The molecule has 11 nitrogen and oxygen atoms in total. The van der Waals surface area contributed by atoms with Gasteiger partial charge in [-0.1, -0.05) is 0 Å².